The second-order valence-electron chi connectivity index (χ2n) is 9.38. The maximum absolute atomic E-state index is 2.53. The van der Waals surface area contributed by atoms with Crippen LogP contribution >= 0.6 is 0 Å². The zero-order valence-corrected chi connectivity index (χ0v) is 19.5. The molecule has 3 aromatic rings. The molecule has 0 bridgehead atoms. The van der Waals surface area contributed by atoms with Crippen molar-refractivity contribution < 1.29 is 0 Å². The Labute approximate surface area is 189 Å². The Morgan fingerprint density at radius 3 is 1.81 bits per heavy atom. The van der Waals surface area contributed by atoms with Crippen molar-refractivity contribution in [3.8, 4) is 22.3 Å². The Morgan fingerprint density at radius 2 is 1.13 bits per heavy atom. The van der Waals surface area contributed by atoms with Gasteiger partial charge in [0, 0.05) is 5.41 Å². The highest BCUT2D eigenvalue weighted by Crippen LogP contribution is 2.54. The predicted molar refractivity (Wildman–Crippen MR) is 136 cm³/mol. The van der Waals surface area contributed by atoms with Gasteiger partial charge in [-0.1, -0.05) is 132 Å². The van der Waals surface area contributed by atoms with Gasteiger partial charge in [0.1, 0.15) is 0 Å². The van der Waals surface area contributed by atoms with Crippen molar-refractivity contribution in [2.24, 2.45) is 0 Å². The Morgan fingerprint density at radius 1 is 0.516 bits per heavy atom. The molecule has 1 aliphatic carbocycles. The molecule has 4 rings (SSSR count). The molecule has 0 atom stereocenters. The van der Waals surface area contributed by atoms with E-state index in [-0.39, 0.29) is 5.41 Å². The fourth-order valence-corrected chi connectivity index (χ4v) is 5.64. The maximum Gasteiger partial charge on any atom is 0.0215 e. The minimum absolute atomic E-state index is 0.179. The summed E-state index contributed by atoms with van der Waals surface area (Å²) in [6.07, 6.45) is 13.2. The molecule has 1 aliphatic rings. The SMILES string of the molecule is CCCCCCC1(CCCCCC)c2ccccc2-c2ccc(-c3ccccc3)cc21. The van der Waals surface area contributed by atoms with Crippen molar-refractivity contribution in [1.29, 1.82) is 0 Å². The summed E-state index contributed by atoms with van der Waals surface area (Å²) in [6.45, 7) is 4.62. The molecule has 31 heavy (non-hydrogen) atoms. The molecular formula is C31H38. The summed E-state index contributed by atoms with van der Waals surface area (Å²) in [5.41, 5.74) is 8.99. The van der Waals surface area contributed by atoms with Crippen LogP contribution in [0.2, 0.25) is 0 Å². The lowest BCUT2D eigenvalue weighted by atomic mass is 9.70. The highest BCUT2D eigenvalue weighted by molar-refractivity contribution is 5.83. The fourth-order valence-electron chi connectivity index (χ4n) is 5.64. The van der Waals surface area contributed by atoms with Crippen LogP contribution in [0.25, 0.3) is 22.3 Å². The summed E-state index contributed by atoms with van der Waals surface area (Å²) in [5.74, 6) is 0. The van der Waals surface area contributed by atoms with Crippen molar-refractivity contribution in [2.75, 3.05) is 0 Å². The molecule has 0 heterocycles. The average Bonchev–Trinajstić information content (AvgIpc) is 3.10. The first-order valence-electron chi connectivity index (χ1n) is 12.6. The summed E-state index contributed by atoms with van der Waals surface area (Å²) in [5, 5.41) is 0. The van der Waals surface area contributed by atoms with Crippen molar-refractivity contribution in [2.45, 2.75) is 83.5 Å². The van der Waals surface area contributed by atoms with Crippen LogP contribution in [0.5, 0.6) is 0 Å². The minimum atomic E-state index is 0.179. The van der Waals surface area contributed by atoms with Crippen LogP contribution in [-0.2, 0) is 5.41 Å². The maximum atomic E-state index is 2.53. The molecule has 0 N–H and O–H groups in total. The molecular weight excluding hydrogens is 372 g/mol. The van der Waals surface area contributed by atoms with Crippen LogP contribution < -0.4 is 0 Å². The van der Waals surface area contributed by atoms with Crippen LogP contribution in [0.1, 0.15) is 89.2 Å². The number of unbranched alkanes of at least 4 members (excludes halogenated alkanes) is 6. The van der Waals surface area contributed by atoms with Gasteiger partial charge in [0.25, 0.3) is 0 Å². The Balaban J connectivity index is 1.78. The Bertz CT molecular complexity index is 954. The summed E-state index contributed by atoms with van der Waals surface area (Å²) in [6, 6.07) is 27.4. The zero-order chi connectivity index (χ0) is 21.5. The number of hydrogen-bond acceptors (Lipinski definition) is 0. The van der Waals surface area contributed by atoms with E-state index < -0.39 is 0 Å². The molecule has 0 amide bonds. The number of rotatable bonds is 11. The molecule has 0 aliphatic heterocycles. The average molecular weight is 411 g/mol. The molecule has 0 saturated heterocycles. The molecule has 0 nitrogen and oxygen atoms in total. The van der Waals surface area contributed by atoms with E-state index >= 15 is 0 Å². The lowest BCUT2D eigenvalue weighted by molar-refractivity contribution is 0.401. The van der Waals surface area contributed by atoms with E-state index in [9.17, 15) is 0 Å². The van der Waals surface area contributed by atoms with Gasteiger partial charge < -0.3 is 0 Å². The third-order valence-corrected chi connectivity index (χ3v) is 7.29. The molecule has 0 aromatic heterocycles. The van der Waals surface area contributed by atoms with Gasteiger partial charge in [-0.05, 0) is 52.3 Å². The molecule has 0 unspecified atom stereocenters. The number of hydrogen-bond donors (Lipinski definition) is 0. The normalized spacial score (nSPS) is 13.7. The van der Waals surface area contributed by atoms with E-state index in [0.29, 0.717) is 0 Å². The van der Waals surface area contributed by atoms with Crippen LogP contribution in [0, 0.1) is 0 Å². The first-order valence-corrected chi connectivity index (χ1v) is 12.6. The third-order valence-electron chi connectivity index (χ3n) is 7.29. The van der Waals surface area contributed by atoms with E-state index in [4.69, 9.17) is 0 Å². The molecule has 0 fully saturated rings. The smallest absolute Gasteiger partial charge is 0.0215 e. The molecule has 0 heteroatoms. The Hall–Kier alpha value is -2.34. The van der Waals surface area contributed by atoms with E-state index in [1.165, 1.54) is 86.5 Å². The summed E-state index contributed by atoms with van der Waals surface area (Å²) >= 11 is 0. The molecule has 0 saturated carbocycles. The van der Waals surface area contributed by atoms with Gasteiger partial charge in [-0.3, -0.25) is 0 Å². The van der Waals surface area contributed by atoms with Crippen LogP contribution in [0.15, 0.2) is 72.8 Å². The lowest BCUT2D eigenvalue weighted by Gasteiger charge is -2.33. The predicted octanol–water partition coefficient (Wildman–Crippen LogP) is 9.56. The van der Waals surface area contributed by atoms with E-state index in [2.05, 4.69) is 86.6 Å². The van der Waals surface area contributed by atoms with Crippen molar-refractivity contribution >= 4 is 0 Å². The topological polar surface area (TPSA) is 0 Å². The zero-order valence-electron chi connectivity index (χ0n) is 19.5. The first-order chi connectivity index (χ1) is 15.3. The third kappa shape index (κ3) is 4.49. The van der Waals surface area contributed by atoms with E-state index in [0.717, 1.165) is 0 Å². The fraction of sp³-hybridized carbons (Fsp3) is 0.419. The van der Waals surface area contributed by atoms with Gasteiger partial charge in [-0.2, -0.15) is 0 Å². The van der Waals surface area contributed by atoms with Gasteiger partial charge in [-0.15, -0.1) is 0 Å². The van der Waals surface area contributed by atoms with Gasteiger partial charge >= 0.3 is 0 Å². The molecule has 3 aromatic carbocycles. The van der Waals surface area contributed by atoms with Gasteiger partial charge in [-0.25, -0.2) is 0 Å². The van der Waals surface area contributed by atoms with Gasteiger partial charge in [0.2, 0.25) is 0 Å². The van der Waals surface area contributed by atoms with Crippen LogP contribution in [0.4, 0.5) is 0 Å². The highest BCUT2D eigenvalue weighted by atomic mass is 14.4. The number of benzene rings is 3. The Kier molecular flexibility index (Phi) is 7.28. The molecule has 162 valence electrons. The van der Waals surface area contributed by atoms with Crippen molar-refractivity contribution in [3.05, 3.63) is 83.9 Å². The monoisotopic (exact) mass is 410 g/mol. The van der Waals surface area contributed by atoms with Gasteiger partial charge in [0.15, 0.2) is 0 Å². The van der Waals surface area contributed by atoms with E-state index in [1.54, 1.807) is 11.1 Å². The largest absolute Gasteiger partial charge is 0.0654 e. The second kappa shape index (κ2) is 10.3. The minimum Gasteiger partial charge on any atom is -0.0654 e. The summed E-state index contributed by atoms with van der Waals surface area (Å²) < 4.78 is 0. The first kappa shape index (κ1) is 21.9. The molecule has 0 spiro atoms. The van der Waals surface area contributed by atoms with Crippen molar-refractivity contribution in [3.63, 3.8) is 0 Å². The number of fused-ring (bicyclic) bond motifs is 3. The second-order valence-corrected chi connectivity index (χ2v) is 9.38. The van der Waals surface area contributed by atoms with Crippen molar-refractivity contribution in [1.82, 2.24) is 0 Å². The molecule has 0 radical (unpaired) electrons. The quantitative estimate of drug-likeness (QED) is 0.276. The van der Waals surface area contributed by atoms with Gasteiger partial charge in [0.05, 0.1) is 0 Å². The summed E-state index contributed by atoms with van der Waals surface area (Å²) in [4.78, 5) is 0. The standard InChI is InChI=1S/C31H38/c1-3-5-7-14-22-31(23-15-8-6-4-2)29-19-13-12-18-27(29)28-21-20-26(24-30(28)31)25-16-10-9-11-17-25/h9-13,16-21,24H,3-8,14-15,22-23H2,1-2H3. The lowest BCUT2D eigenvalue weighted by Crippen LogP contribution is -2.25. The van der Waals surface area contributed by atoms with Crippen LogP contribution in [-0.4, -0.2) is 0 Å². The van der Waals surface area contributed by atoms with E-state index in [1.807, 2.05) is 0 Å². The highest BCUT2D eigenvalue weighted by Gasteiger charge is 2.42. The van der Waals surface area contributed by atoms with Crippen LogP contribution in [0.3, 0.4) is 0 Å². The summed E-state index contributed by atoms with van der Waals surface area (Å²) in [7, 11) is 0.